The Labute approximate surface area is 173 Å². The van der Waals surface area contributed by atoms with Crippen LogP contribution in [0.4, 0.5) is 5.69 Å². The third kappa shape index (κ3) is 5.50. The molecule has 0 saturated carbocycles. The van der Waals surface area contributed by atoms with E-state index in [2.05, 4.69) is 30.0 Å². The predicted octanol–water partition coefficient (Wildman–Crippen LogP) is 4.30. The van der Waals surface area contributed by atoms with E-state index in [0.29, 0.717) is 16.8 Å². The number of sulfonamides is 1. The minimum absolute atomic E-state index is 0.225. The van der Waals surface area contributed by atoms with E-state index in [4.69, 9.17) is 4.74 Å². The molecule has 2 aromatic rings. The molecule has 0 spiro atoms. The molecule has 0 fully saturated rings. The Morgan fingerprint density at radius 1 is 1.07 bits per heavy atom. The largest absolute Gasteiger partial charge is 0.496 e. The molecule has 0 heterocycles. The second kappa shape index (κ2) is 8.86. The van der Waals surface area contributed by atoms with E-state index in [1.165, 1.54) is 0 Å². The number of hydrogen-bond donors (Lipinski definition) is 2. The molecule has 1 amide bonds. The smallest absolute Gasteiger partial charge is 0.252 e. The molecule has 0 aliphatic rings. The van der Waals surface area contributed by atoms with Crippen LogP contribution in [0.1, 0.15) is 65.3 Å². The fourth-order valence-corrected chi connectivity index (χ4v) is 3.97. The SMILES string of the molecule is COc1cc(C)c([C@H](C)NC(=O)c2cccc(NS(C)(=O)=O)c2C)cc1C(C)C. The van der Waals surface area contributed by atoms with Crippen LogP contribution in [0.25, 0.3) is 0 Å². The van der Waals surface area contributed by atoms with Gasteiger partial charge < -0.3 is 10.1 Å². The van der Waals surface area contributed by atoms with Crippen molar-refractivity contribution in [3.05, 3.63) is 58.1 Å². The van der Waals surface area contributed by atoms with Crippen molar-refractivity contribution >= 4 is 21.6 Å². The summed E-state index contributed by atoms with van der Waals surface area (Å²) in [6.07, 6.45) is 1.08. The van der Waals surface area contributed by atoms with E-state index in [1.54, 1.807) is 32.2 Å². The Hall–Kier alpha value is -2.54. The van der Waals surface area contributed by atoms with Crippen LogP contribution in [0.5, 0.6) is 5.75 Å². The summed E-state index contributed by atoms with van der Waals surface area (Å²) in [4.78, 5) is 12.9. The quantitative estimate of drug-likeness (QED) is 0.702. The Morgan fingerprint density at radius 2 is 1.72 bits per heavy atom. The summed E-state index contributed by atoms with van der Waals surface area (Å²) in [7, 11) is -1.77. The maximum Gasteiger partial charge on any atom is 0.252 e. The molecule has 0 aliphatic heterocycles. The van der Waals surface area contributed by atoms with Gasteiger partial charge >= 0.3 is 0 Å². The van der Waals surface area contributed by atoms with Crippen molar-refractivity contribution in [3.8, 4) is 5.75 Å². The van der Waals surface area contributed by atoms with Crippen LogP contribution >= 0.6 is 0 Å². The molecule has 0 radical (unpaired) electrons. The van der Waals surface area contributed by atoms with Crippen molar-refractivity contribution in [3.63, 3.8) is 0 Å². The van der Waals surface area contributed by atoms with Crippen molar-refractivity contribution < 1.29 is 17.9 Å². The molecule has 2 rings (SSSR count). The maximum atomic E-state index is 12.9. The first-order chi connectivity index (χ1) is 13.4. The zero-order chi connectivity index (χ0) is 21.9. The van der Waals surface area contributed by atoms with Crippen molar-refractivity contribution in [1.82, 2.24) is 5.32 Å². The van der Waals surface area contributed by atoms with E-state index < -0.39 is 10.0 Å². The van der Waals surface area contributed by atoms with E-state index in [9.17, 15) is 13.2 Å². The first-order valence-corrected chi connectivity index (χ1v) is 11.4. The number of aryl methyl sites for hydroxylation is 1. The lowest BCUT2D eigenvalue weighted by molar-refractivity contribution is 0.0939. The monoisotopic (exact) mass is 418 g/mol. The number of nitrogens with one attached hydrogen (secondary N) is 2. The number of carbonyl (C=O) groups is 1. The van der Waals surface area contributed by atoms with Gasteiger partial charge in [0.1, 0.15) is 5.75 Å². The maximum absolute atomic E-state index is 12.9. The van der Waals surface area contributed by atoms with Crippen LogP contribution in [0.15, 0.2) is 30.3 Å². The van der Waals surface area contributed by atoms with Crippen LogP contribution < -0.4 is 14.8 Å². The molecule has 6 nitrogen and oxygen atoms in total. The summed E-state index contributed by atoms with van der Waals surface area (Å²) in [5.41, 5.74) is 4.55. The van der Waals surface area contributed by atoms with Gasteiger partial charge in [-0.3, -0.25) is 9.52 Å². The van der Waals surface area contributed by atoms with Gasteiger partial charge in [0, 0.05) is 5.56 Å². The number of rotatable bonds is 7. The number of ether oxygens (including phenoxy) is 1. The highest BCUT2D eigenvalue weighted by molar-refractivity contribution is 7.92. The topological polar surface area (TPSA) is 84.5 Å². The summed E-state index contributed by atoms with van der Waals surface area (Å²) in [6.45, 7) is 9.85. The third-order valence-electron chi connectivity index (χ3n) is 4.93. The molecule has 7 heteroatoms. The summed E-state index contributed by atoms with van der Waals surface area (Å²) < 4.78 is 31.1. The molecule has 1 atom stereocenters. The molecule has 158 valence electrons. The van der Waals surface area contributed by atoms with E-state index in [1.807, 2.05) is 19.9 Å². The highest BCUT2D eigenvalue weighted by atomic mass is 32.2. The van der Waals surface area contributed by atoms with E-state index in [-0.39, 0.29) is 17.9 Å². The van der Waals surface area contributed by atoms with Crippen LogP contribution in [0.3, 0.4) is 0 Å². The molecule has 0 aliphatic carbocycles. The minimum Gasteiger partial charge on any atom is -0.496 e. The summed E-state index contributed by atoms with van der Waals surface area (Å²) in [5.74, 6) is 0.872. The number of anilines is 1. The molecular formula is C22H30N2O4S. The van der Waals surface area contributed by atoms with Gasteiger partial charge in [0.15, 0.2) is 0 Å². The van der Waals surface area contributed by atoms with Gasteiger partial charge in [0.2, 0.25) is 10.0 Å². The standard InChI is InChI=1S/C22H30N2O4S/c1-13(2)18-12-19(14(3)11-21(18)28-6)16(5)23-22(25)17-9-8-10-20(15(17)4)24-29(7,26)27/h8-13,16,24H,1-7H3,(H,23,25)/t16-/m0/s1. The van der Waals surface area contributed by atoms with Gasteiger partial charge in [-0.2, -0.15) is 0 Å². The zero-order valence-electron chi connectivity index (χ0n) is 18.1. The van der Waals surface area contributed by atoms with Gasteiger partial charge in [-0.1, -0.05) is 19.9 Å². The van der Waals surface area contributed by atoms with Crippen LogP contribution in [-0.4, -0.2) is 27.7 Å². The minimum atomic E-state index is -3.43. The average molecular weight is 419 g/mol. The highest BCUT2D eigenvalue weighted by Gasteiger charge is 2.19. The molecule has 0 aromatic heterocycles. The highest BCUT2D eigenvalue weighted by Crippen LogP contribution is 2.32. The second-order valence-electron chi connectivity index (χ2n) is 7.65. The lowest BCUT2D eigenvalue weighted by Crippen LogP contribution is -2.28. The molecular weight excluding hydrogens is 388 g/mol. The normalized spacial score (nSPS) is 12.6. The lowest BCUT2D eigenvalue weighted by atomic mass is 9.93. The number of hydrogen-bond acceptors (Lipinski definition) is 4. The number of carbonyl (C=O) groups excluding carboxylic acids is 1. The summed E-state index contributed by atoms with van der Waals surface area (Å²) in [6, 6.07) is 8.84. The van der Waals surface area contributed by atoms with Crippen LogP contribution in [-0.2, 0) is 10.0 Å². The predicted molar refractivity (Wildman–Crippen MR) is 117 cm³/mol. The van der Waals surface area contributed by atoms with Gasteiger partial charge in [0.05, 0.1) is 25.1 Å². The molecule has 29 heavy (non-hydrogen) atoms. The number of methoxy groups -OCH3 is 1. The van der Waals surface area contributed by atoms with Gasteiger partial charge in [0.25, 0.3) is 5.91 Å². The Bertz CT molecular complexity index is 1010. The molecule has 0 saturated heterocycles. The molecule has 0 bridgehead atoms. The molecule has 2 N–H and O–H groups in total. The zero-order valence-corrected chi connectivity index (χ0v) is 18.9. The van der Waals surface area contributed by atoms with Gasteiger partial charge in [-0.25, -0.2) is 8.42 Å². The second-order valence-corrected chi connectivity index (χ2v) is 9.40. The molecule has 2 aromatic carbocycles. The lowest BCUT2D eigenvalue weighted by Gasteiger charge is -2.21. The Morgan fingerprint density at radius 3 is 2.28 bits per heavy atom. The van der Waals surface area contributed by atoms with Crippen molar-refractivity contribution in [2.45, 2.75) is 46.6 Å². The van der Waals surface area contributed by atoms with E-state index in [0.717, 1.165) is 28.7 Å². The first-order valence-electron chi connectivity index (χ1n) is 9.51. The van der Waals surface area contributed by atoms with E-state index >= 15 is 0 Å². The summed E-state index contributed by atoms with van der Waals surface area (Å²) >= 11 is 0. The Balaban J connectivity index is 2.32. The third-order valence-corrected chi connectivity index (χ3v) is 5.52. The average Bonchev–Trinajstić information content (AvgIpc) is 2.61. The van der Waals surface area contributed by atoms with Crippen LogP contribution in [0, 0.1) is 13.8 Å². The van der Waals surface area contributed by atoms with Gasteiger partial charge in [-0.15, -0.1) is 0 Å². The molecule has 0 unspecified atom stereocenters. The summed E-state index contributed by atoms with van der Waals surface area (Å²) in [5, 5.41) is 3.03. The number of amides is 1. The van der Waals surface area contributed by atoms with Crippen LogP contribution in [0.2, 0.25) is 0 Å². The van der Waals surface area contributed by atoms with Crippen molar-refractivity contribution in [2.75, 3.05) is 18.1 Å². The fourth-order valence-electron chi connectivity index (χ4n) is 3.35. The van der Waals surface area contributed by atoms with Crippen molar-refractivity contribution in [2.24, 2.45) is 0 Å². The number of benzene rings is 2. The first kappa shape index (κ1) is 22.7. The fraction of sp³-hybridized carbons (Fsp3) is 0.409. The van der Waals surface area contributed by atoms with Crippen molar-refractivity contribution in [1.29, 1.82) is 0 Å². The Kier molecular flexibility index (Phi) is 6.95. The van der Waals surface area contributed by atoms with Gasteiger partial charge in [-0.05, 0) is 73.2 Å².